The molecule has 2 aromatic carbocycles. The zero-order valence-electron chi connectivity index (χ0n) is 12.8. The number of anilines is 1. The molecule has 1 amide bonds. The molecule has 1 aromatic heterocycles. The fourth-order valence-corrected chi connectivity index (χ4v) is 2.80. The largest absolute Gasteiger partial charge is 0.428 e. The summed E-state index contributed by atoms with van der Waals surface area (Å²) in [6.45, 7) is 0.326. The summed E-state index contributed by atoms with van der Waals surface area (Å²) in [7, 11) is 1.70. The van der Waals surface area contributed by atoms with Gasteiger partial charge in [-0.1, -0.05) is 17.3 Å². The molecule has 0 bridgehead atoms. The molecular formula is C16H14FN5O2. The van der Waals surface area contributed by atoms with Gasteiger partial charge in [-0.15, -0.1) is 5.10 Å². The summed E-state index contributed by atoms with van der Waals surface area (Å²) < 4.78 is 19.8. The number of benzene rings is 2. The van der Waals surface area contributed by atoms with E-state index >= 15 is 0 Å². The summed E-state index contributed by atoms with van der Waals surface area (Å²) in [5, 5.41) is 13.4. The van der Waals surface area contributed by atoms with E-state index in [1.54, 1.807) is 31.3 Å². The first-order valence-corrected chi connectivity index (χ1v) is 7.42. The third-order valence-corrected chi connectivity index (χ3v) is 4.04. The fraction of sp³-hybridized carbons (Fsp3) is 0.188. The highest BCUT2D eigenvalue weighted by atomic mass is 19.1. The number of halogens is 1. The number of nitrogens with zero attached hydrogens (tertiary/aromatic N) is 3. The van der Waals surface area contributed by atoms with Crippen LogP contribution in [0.25, 0.3) is 22.2 Å². The van der Waals surface area contributed by atoms with E-state index in [0.717, 1.165) is 5.52 Å². The first-order chi connectivity index (χ1) is 11.7. The number of aromatic amines is 1. The average molecular weight is 327 g/mol. The van der Waals surface area contributed by atoms with Gasteiger partial charge in [0.2, 0.25) is 0 Å². The van der Waals surface area contributed by atoms with Gasteiger partial charge < -0.3 is 4.74 Å². The number of carbonyl (C=O) groups is 1. The van der Waals surface area contributed by atoms with Gasteiger partial charge in [0.15, 0.2) is 6.23 Å². The van der Waals surface area contributed by atoms with Crippen LogP contribution in [0.3, 0.4) is 0 Å². The fourth-order valence-electron chi connectivity index (χ4n) is 2.80. The van der Waals surface area contributed by atoms with E-state index in [0.29, 0.717) is 28.9 Å². The van der Waals surface area contributed by atoms with Crippen molar-refractivity contribution >= 4 is 22.8 Å². The number of amides is 1. The van der Waals surface area contributed by atoms with Gasteiger partial charge >= 0.3 is 6.09 Å². The number of cyclic esters (lactones) is 1. The predicted molar refractivity (Wildman–Crippen MR) is 86.0 cm³/mol. The van der Waals surface area contributed by atoms with E-state index < -0.39 is 18.1 Å². The monoisotopic (exact) mass is 327 g/mol. The van der Waals surface area contributed by atoms with Crippen LogP contribution in [-0.2, 0) is 4.74 Å². The molecular weight excluding hydrogens is 313 g/mol. The first kappa shape index (κ1) is 14.6. The second kappa shape index (κ2) is 5.57. The Bertz CT molecular complexity index is 926. The van der Waals surface area contributed by atoms with Crippen molar-refractivity contribution in [3.05, 3.63) is 42.2 Å². The summed E-state index contributed by atoms with van der Waals surface area (Å²) in [4.78, 5) is 13.3. The van der Waals surface area contributed by atoms with Crippen molar-refractivity contribution in [2.24, 2.45) is 0 Å². The third-order valence-electron chi connectivity index (χ3n) is 4.04. The van der Waals surface area contributed by atoms with Crippen LogP contribution in [-0.4, -0.2) is 41.3 Å². The number of likely N-dealkylation sites (N-methyl/N-ethyl adjacent to an activating group) is 1. The Balaban J connectivity index is 1.73. The lowest BCUT2D eigenvalue weighted by Crippen LogP contribution is -2.30. The van der Waals surface area contributed by atoms with Gasteiger partial charge in [0.25, 0.3) is 0 Å². The molecule has 1 aliphatic rings. The van der Waals surface area contributed by atoms with Crippen LogP contribution >= 0.6 is 0 Å². The topological polar surface area (TPSA) is 83.1 Å². The molecule has 24 heavy (non-hydrogen) atoms. The minimum absolute atomic E-state index is 0.326. The molecule has 0 radical (unpaired) electrons. The van der Waals surface area contributed by atoms with E-state index in [-0.39, 0.29) is 0 Å². The molecule has 122 valence electrons. The summed E-state index contributed by atoms with van der Waals surface area (Å²) in [6, 6.07) is 10.1. The maximum Gasteiger partial charge on any atom is 0.416 e. The molecule has 1 atom stereocenters. The molecule has 1 aliphatic heterocycles. The van der Waals surface area contributed by atoms with E-state index in [1.165, 1.54) is 11.0 Å². The number of H-pyrrole nitrogens is 1. The molecule has 3 aromatic rings. The maximum absolute atomic E-state index is 14.7. The van der Waals surface area contributed by atoms with Crippen molar-refractivity contribution in [2.75, 3.05) is 18.5 Å². The zero-order chi connectivity index (χ0) is 16.7. The number of rotatable bonds is 3. The van der Waals surface area contributed by atoms with Crippen molar-refractivity contribution < 1.29 is 13.9 Å². The zero-order valence-corrected chi connectivity index (χ0v) is 12.8. The minimum atomic E-state index is -0.500. The summed E-state index contributed by atoms with van der Waals surface area (Å²) in [5.74, 6) is -0.441. The molecule has 0 aliphatic carbocycles. The lowest BCUT2D eigenvalue weighted by molar-refractivity contribution is 0.128. The van der Waals surface area contributed by atoms with Crippen LogP contribution in [0.15, 0.2) is 36.4 Å². The van der Waals surface area contributed by atoms with Crippen LogP contribution in [0.1, 0.15) is 0 Å². The molecule has 2 heterocycles. The van der Waals surface area contributed by atoms with Crippen molar-refractivity contribution in [1.82, 2.24) is 20.7 Å². The Morgan fingerprint density at radius 3 is 2.96 bits per heavy atom. The highest BCUT2D eigenvalue weighted by Crippen LogP contribution is 2.31. The standard InChI is InChI=1S/C16H14FN5O2/c1-18-14-8-22(16(23)24-14)9-5-6-10(12(17)7-9)11-3-2-4-13-15(11)20-21-19-13/h2-7,14,18H,8H2,1H3,(H,19,20,21)/t14-/m0/s1. The van der Waals surface area contributed by atoms with Gasteiger partial charge in [-0.3, -0.25) is 15.3 Å². The van der Waals surface area contributed by atoms with Crippen LogP contribution in [0.4, 0.5) is 14.9 Å². The Morgan fingerprint density at radius 2 is 2.21 bits per heavy atom. The van der Waals surface area contributed by atoms with Crippen molar-refractivity contribution in [1.29, 1.82) is 0 Å². The van der Waals surface area contributed by atoms with Crippen LogP contribution < -0.4 is 10.2 Å². The molecule has 0 spiro atoms. The third kappa shape index (κ3) is 2.28. The Labute approximate surface area is 136 Å². The predicted octanol–water partition coefficient (Wildman–Crippen LogP) is 2.27. The average Bonchev–Trinajstić information content (AvgIpc) is 3.20. The second-order valence-corrected chi connectivity index (χ2v) is 5.45. The molecule has 1 fully saturated rings. The number of fused-ring (bicyclic) bond motifs is 1. The van der Waals surface area contributed by atoms with Crippen LogP contribution in [0.2, 0.25) is 0 Å². The van der Waals surface area contributed by atoms with E-state index in [4.69, 9.17) is 4.74 Å². The lowest BCUT2D eigenvalue weighted by Gasteiger charge is -2.14. The number of nitrogens with one attached hydrogen (secondary N) is 2. The quantitative estimate of drug-likeness (QED) is 0.771. The lowest BCUT2D eigenvalue weighted by atomic mass is 10.0. The minimum Gasteiger partial charge on any atom is -0.428 e. The van der Waals surface area contributed by atoms with E-state index in [9.17, 15) is 9.18 Å². The molecule has 7 nitrogen and oxygen atoms in total. The Kier molecular flexibility index (Phi) is 3.39. The van der Waals surface area contributed by atoms with Gasteiger partial charge in [0.1, 0.15) is 11.3 Å². The Morgan fingerprint density at radius 1 is 1.33 bits per heavy atom. The summed E-state index contributed by atoms with van der Waals surface area (Å²) in [6.07, 6.45) is -0.899. The highest BCUT2D eigenvalue weighted by Gasteiger charge is 2.31. The maximum atomic E-state index is 14.7. The normalized spacial score (nSPS) is 17.5. The SMILES string of the molecule is CN[C@@H]1CN(c2ccc(-c3cccc4[nH]nnc34)c(F)c2)C(=O)O1. The molecule has 4 rings (SSSR count). The van der Waals surface area contributed by atoms with Crippen LogP contribution in [0.5, 0.6) is 0 Å². The highest BCUT2D eigenvalue weighted by molar-refractivity contribution is 5.93. The number of ether oxygens (including phenoxy) is 1. The van der Waals surface area contributed by atoms with Crippen molar-refractivity contribution in [2.45, 2.75) is 6.23 Å². The molecule has 2 N–H and O–H groups in total. The first-order valence-electron chi connectivity index (χ1n) is 7.42. The number of aromatic nitrogens is 3. The summed E-state index contributed by atoms with van der Waals surface area (Å²) >= 11 is 0. The molecule has 1 saturated heterocycles. The van der Waals surface area contributed by atoms with E-state index in [2.05, 4.69) is 20.7 Å². The van der Waals surface area contributed by atoms with Gasteiger partial charge in [0.05, 0.1) is 17.7 Å². The van der Waals surface area contributed by atoms with Crippen LogP contribution in [0, 0.1) is 5.82 Å². The molecule has 8 heteroatoms. The van der Waals surface area contributed by atoms with Crippen molar-refractivity contribution in [3.63, 3.8) is 0 Å². The second-order valence-electron chi connectivity index (χ2n) is 5.45. The van der Waals surface area contributed by atoms with Gasteiger partial charge in [0, 0.05) is 11.1 Å². The van der Waals surface area contributed by atoms with Gasteiger partial charge in [-0.05, 0) is 31.3 Å². The smallest absolute Gasteiger partial charge is 0.416 e. The number of hydrogen-bond donors (Lipinski definition) is 2. The van der Waals surface area contributed by atoms with Gasteiger partial charge in [-0.2, -0.15) is 0 Å². The molecule has 0 saturated carbocycles. The Hall–Kier alpha value is -3.00. The number of hydrogen-bond acceptors (Lipinski definition) is 5. The van der Waals surface area contributed by atoms with E-state index in [1.807, 2.05) is 6.07 Å². The number of carbonyl (C=O) groups excluding carboxylic acids is 1. The van der Waals surface area contributed by atoms with Gasteiger partial charge in [-0.25, -0.2) is 9.18 Å². The summed E-state index contributed by atoms with van der Waals surface area (Å²) in [5.41, 5.74) is 2.82. The molecule has 0 unspecified atom stereocenters. The van der Waals surface area contributed by atoms with Crippen molar-refractivity contribution in [3.8, 4) is 11.1 Å².